The van der Waals surface area contributed by atoms with Crippen LogP contribution >= 0.6 is 116 Å². The fourth-order valence-corrected chi connectivity index (χ4v) is 2.72. The van der Waals surface area contributed by atoms with Gasteiger partial charge in [-0.2, -0.15) is 5.10 Å². The normalized spacial score (nSPS) is 21.9. The van der Waals surface area contributed by atoms with Gasteiger partial charge >= 0.3 is 0 Å². The summed E-state index contributed by atoms with van der Waals surface area (Å²) in [6, 6.07) is 0. The molecule has 0 spiro atoms. The van der Waals surface area contributed by atoms with E-state index in [9.17, 15) is 0 Å². The molecule has 3 nitrogen and oxygen atoms in total. The highest BCUT2D eigenvalue weighted by Gasteiger charge is 2.63. The van der Waals surface area contributed by atoms with Gasteiger partial charge in [0.15, 0.2) is 6.17 Å². The summed E-state index contributed by atoms with van der Waals surface area (Å²) >= 11 is 58.9. The monoisotopic (exact) mass is 481 g/mol. The molecular weight excluding hydrogens is 481 g/mol. The number of rotatable bonds is 2. The molecule has 0 radical (unpaired) electrons. The second-order valence-corrected chi connectivity index (χ2v) is 11.0. The Morgan fingerprint density at radius 3 is 1.65 bits per heavy atom. The fraction of sp³-hybridized carbons (Fsp3) is 0.857. The lowest BCUT2D eigenvalue weighted by atomic mass is 10.3. The average Bonchev–Trinajstić information content (AvgIpc) is 2.57. The standard InChI is InChI=1S/C7H5Cl10N3/c1-19-3(4(8,9)5(10,11)12)20(2-18-19)7(16,17)6(13,14)15/h2-3H,1H3. The molecule has 1 heterocycles. The quantitative estimate of drug-likeness (QED) is 0.377. The summed E-state index contributed by atoms with van der Waals surface area (Å²) in [6.45, 7) is 0. The molecule has 1 atom stereocenters. The predicted molar refractivity (Wildman–Crippen MR) is 91.3 cm³/mol. The summed E-state index contributed by atoms with van der Waals surface area (Å²) in [7, 11) is 1.50. The Morgan fingerprint density at radius 1 is 0.850 bits per heavy atom. The van der Waals surface area contributed by atoms with E-state index in [1.165, 1.54) is 18.4 Å². The summed E-state index contributed by atoms with van der Waals surface area (Å²) in [5.41, 5.74) is 0. The molecule has 0 bridgehead atoms. The van der Waals surface area contributed by atoms with Crippen LogP contribution in [0.25, 0.3) is 0 Å². The maximum absolute atomic E-state index is 6.12. The fourth-order valence-electron chi connectivity index (χ4n) is 1.37. The second-order valence-electron chi connectivity index (χ2n) is 3.75. The van der Waals surface area contributed by atoms with Crippen molar-refractivity contribution >= 4 is 122 Å². The van der Waals surface area contributed by atoms with Gasteiger partial charge in [-0.05, 0) is 0 Å². The lowest BCUT2D eigenvalue weighted by Gasteiger charge is -2.45. The van der Waals surface area contributed by atoms with Crippen molar-refractivity contribution in [1.29, 1.82) is 0 Å². The van der Waals surface area contributed by atoms with E-state index in [0.717, 1.165) is 4.90 Å². The Bertz CT molecular complexity index is 397. The number of hydrogen-bond donors (Lipinski definition) is 0. The summed E-state index contributed by atoms with van der Waals surface area (Å²) in [5, 5.41) is 5.16. The molecule has 0 N–H and O–H groups in total. The van der Waals surface area contributed by atoms with Gasteiger partial charge in [-0.1, -0.05) is 116 Å². The highest BCUT2D eigenvalue weighted by molar-refractivity contribution is 6.76. The Morgan fingerprint density at radius 2 is 1.30 bits per heavy atom. The number of nitrogens with zero attached hydrogens (tertiary/aromatic N) is 3. The molecule has 1 unspecified atom stereocenters. The van der Waals surface area contributed by atoms with E-state index in [1.54, 1.807) is 0 Å². The van der Waals surface area contributed by atoms with Crippen molar-refractivity contribution in [2.24, 2.45) is 5.10 Å². The van der Waals surface area contributed by atoms with Crippen molar-refractivity contribution in [3.05, 3.63) is 0 Å². The zero-order valence-corrected chi connectivity index (χ0v) is 16.8. The van der Waals surface area contributed by atoms with Gasteiger partial charge in [0.25, 0.3) is 0 Å². The van der Waals surface area contributed by atoms with Crippen LogP contribution in [0.1, 0.15) is 0 Å². The number of halogens is 10. The highest BCUT2D eigenvalue weighted by Crippen LogP contribution is 2.55. The molecule has 13 heteroatoms. The largest absolute Gasteiger partial charge is 0.301 e. The van der Waals surface area contributed by atoms with Crippen LogP contribution in [0.5, 0.6) is 0 Å². The van der Waals surface area contributed by atoms with E-state index in [-0.39, 0.29) is 0 Å². The molecule has 0 aromatic carbocycles. The van der Waals surface area contributed by atoms with Gasteiger partial charge in [0.05, 0.1) is 0 Å². The third-order valence-corrected chi connectivity index (χ3v) is 7.13. The van der Waals surface area contributed by atoms with E-state index in [2.05, 4.69) is 5.10 Å². The number of hydrogen-bond acceptors (Lipinski definition) is 3. The predicted octanol–water partition coefficient (Wildman–Crippen LogP) is 5.55. The number of hydrazone groups is 1. The van der Waals surface area contributed by atoms with Crippen LogP contribution < -0.4 is 0 Å². The molecule has 0 aromatic rings. The van der Waals surface area contributed by atoms with Crippen LogP contribution in [-0.2, 0) is 0 Å². The molecule has 0 aliphatic carbocycles. The Hall–Kier alpha value is 2.17. The van der Waals surface area contributed by atoms with Crippen molar-refractivity contribution in [3.8, 4) is 0 Å². The zero-order valence-electron chi connectivity index (χ0n) is 9.28. The molecule has 1 aliphatic heterocycles. The van der Waals surface area contributed by atoms with E-state index in [0.29, 0.717) is 0 Å². The third kappa shape index (κ3) is 3.63. The molecule has 118 valence electrons. The van der Waals surface area contributed by atoms with Crippen LogP contribution in [0.3, 0.4) is 0 Å². The van der Waals surface area contributed by atoms with Crippen molar-refractivity contribution in [2.75, 3.05) is 7.05 Å². The van der Waals surface area contributed by atoms with Gasteiger partial charge in [0, 0.05) is 7.05 Å². The third-order valence-electron chi connectivity index (χ3n) is 2.34. The first-order valence-corrected chi connectivity index (χ1v) is 8.36. The maximum atomic E-state index is 6.12. The van der Waals surface area contributed by atoms with Crippen LogP contribution in [-0.4, -0.2) is 45.8 Å². The van der Waals surface area contributed by atoms with Crippen LogP contribution in [0.2, 0.25) is 0 Å². The minimum absolute atomic E-state index is 1.07. The first-order chi connectivity index (χ1) is 8.64. The summed E-state index contributed by atoms with van der Waals surface area (Å²) < 4.78 is -8.28. The van der Waals surface area contributed by atoms with Gasteiger partial charge in [-0.25, -0.2) is 0 Å². The van der Waals surface area contributed by atoms with Gasteiger partial charge in [0.2, 0.25) is 16.4 Å². The molecule has 20 heavy (non-hydrogen) atoms. The average molecular weight is 486 g/mol. The van der Waals surface area contributed by atoms with Crippen molar-refractivity contribution in [2.45, 2.75) is 22.5 Å². The van der Waals surface area contributed by atoms with Gasteiger partial charge in [0.1, 0.15) is 6.34 Å². The van der Waals surface area contributed by atoms with E-state index < -0.39 is 22.5 Å². The van der Waals surface area contributed by atoms with E-state index >= 15 is 0 Å². The molecule has 0 aromatic heterocycles. The molecule has 1 rings (SSSR count). The van der Waals surface area contributed by atoms with Crippen LogP contribution in [0.4, 0.5) is 0 Å². The van der Waals surface area contributed by atoms with Crippen molar-refractivity contribution < 1.29 is 0 Å². The van der Waals surface area contributed by atoms with Gasteiger partial charge < -0.3 is 4.90 Å². The van der Waals surface area contributed by atoms with Crippen molar-refractivity contribution in [1.82, 2.24) is 9.91 Å². The number of alkyl halides is 10. The second kappa shape index (κ2) is 6.23. The molecule has 0 amide bonds. The molecule has 0 fully saturated rings. The van der Waals surface area contributed by atoms with E-state index in [1.807, 2.05) is 0 Å². The topological polar surface area (TPSA) is 18.8 Å². The minimum Gasteiger partial charge on any atom is -0.301 e. The Balaban J connectivity index is 3.26. The SMILES string of the molecule is CN1N=CN(C(Cl)(Cl)C(Cl)(Cl)Cl)C1C(Cl)(Cl)C(Cl)(Cl)Cl. The zero-order chi connectivity index (χ0) is 16.1. The van der Waals surface area contributed by atoms with Gasteiger partial charge in [-0.3, -0.25) is 5.01 Å². The summed E-state index contributed by atoms with van der Waals surface area (Å²) in [4.78, 5) is 1.07. The Labute approximate surface area is 165 Å². The first-order valence-electron chi connectivity index (χ1n) is 4.58. The van der Waals surface area contributed by atoms with Crippen molar-refractivity contribution in [3.63, 3.8) is 0 Å². The smallest absolute Gasteiger partial charge is 0.241 e. The van der Waals surface area contributed by atoms with Crippen LogP contribution in [0, 0.1) is 0 Å². The maximum Gasteiger partial charge on any atom is 0.241 e. The van der Waals surface area contributed by atoms with E-state index in [4.69, 9.17) is 116 Å². The molecule has 0 saturated carbocycles. The summed E-state index contributed by atoms with van der Waals surface area (Å²) in [6.07, 6.45) is 0.0617. The molecule has 0 saturated heterocycles. The van der Waals surface area contributed by atoms with Crippen LogP contribution in [0.15, 0.2) is 5.10 Å². The minimum atomic E-state index is -2.12. The first kappa shape index (κ1) is 20.2. The molecule has 1 aliphatic rings. The van der Waals surface area contributed by atoms with Gasteiger partial charge in [-0.15, -0.1) is 0 Å². The highest BCUT2D eigenvalue weighted by atomic mass is 35.6. The summed E-state index contributed by atoms with van der Waals surface area (Å²) in [5.74, 6) is 0. The lowest BCUT2D eigenvalue weighted by Crippen LogP contribution is -2.62. The Kier molecular flexibility index (Phi) is 6.30. The molecular formula is C7H5Cl10N3. The lowest BCUT2D eigenvalue weighted by molar-refractivity contribution is 0.123.